The molecule has 0 aromatic heterocycles. The number of hydrogen-bond acceptors (Lipinski definition) is 4. The molecule has 1 atom stereocenters. The predicted octanol–water partition coefficient (Wildman–Crippen LogP) is 0.833. The van der Waals surface area contributed by atoms with Crippen LogP contribution < -0.4 is 5.32 Å². The SMILES string of the molecule is COC(=O)C(C)NC(=O)N(CCC(=O)O)C(C)(C)C. The highest BCUT2D eigenvalue weighted by molar-refractivity contribution is 5.83. The molecule has 0 aliphatic carbocycles. The van der Waals surface area contributed by atoms with Crippen LogP contribution in [0.5, 0.6) is 0 Å². The molecule has 0 aromatic carbocycles. The summed E-state index contributed by atoms with van der Waals surface area (Å²) in [5.74, 6) is -1.54. The van der Waals surface area contributed by atoms with Gasteiger partial charge < -0.3 is 20.1 Å². The molecule has 0 bridgehead atoms. The van der Waals surface area contributed by atoms with Crippen molar-refractivity contribution in [3.63, 3.8) is 0 Å². The van der Waals surface area contributed by atoms with Crippen LogP contribution in [0.1, 0.15) is 34.1 Å². The van der Waals surface area contributed by atoms with Crippen molar-refractivity contribution >= 4 is 18.0 Å². The first kappa shape index (κ1) is 17.2. The first-order chi connectivity index (χ1) is 8.59. The Morgan fingerprint density at radius 3 is 2.21 bits per heavy atom. The fourth-order valence-electron chi connectivity index (χ4n) is 1.45. The molecule has 7 nitrogen and oxygen atoms in total. The second-order valence-electron chi connectivity index (χ2n) is 5.16. The second kappa shape index (κ2) is 6.96. The summed E-state index contributed by atoms with van der Waals surface area (Å²) in [6, 6.07) is -1.28. The number of carbonyl (C=O) groups is 3. The van der Waals surface area contributed by atoms with Gasteiger partial charge >= 0.3 is 18.0 Å². The van der Waals surface area contributed by atoms with E-state index in [0.717, 1.165) is 0 Å². The summed E-state index contributed by atoms with van der Waals surface area (Å²) in [5.41, 5.74) is -0.546. The van der Waals surface area contributed by atoms with Gasteiger partial charge in [-0.2, -0.15) is 0 Å². The van der Waals surface area contributed by atoms with Crippen molar-refractivity contribution < 1.29 is 24.2 Å². The van der Waals surface area contributed by atoms with Gasteiger partial charge in [0, 0.05) is 12.1 Å². The summed E-state index contributed by atoms with van der Waals surface area (Å²) in [4.78, 5) is 35.3. The normalized spacial score (nSPS) is 12.5. The number of methoxy groups -OCH3 is 1. The molecule has 7 heteroatoms. The Morgan fingerprint density at radius 1 is 1.32 bits per heavy atom. The summed E-state index contributed by atoms with van der Waals surface area (Å²) in [6.07, 6.45) is -0.155. The maximum Gasteiger partial charge on any atom is 0.328 e. The van der Waals surface area contributed by atoms with Crippen molar-refractivity contribution in [1.29, 1.82) is 0 Å². The van der Waals surface area contributed by atoms with E-state index in [2.05, 4.69) is 10.1 Å². The molecule has 0 saturated carbocycles. The van der Waals surface area contributed by atoms with E-state index >= 15 is 0 Å². The number of hydrogen-bond donors (Lipinski definition) is 2. The lowest BCUT2D eigenvalue weighted by molar-refractivity contribution is -0.142. The number of carbonyl (C=O) groups excluding carboxylic acids is 2. The predicted molar refractivity (Wildman–Crippen MR) is 68.7 cm³/mol. The number of rotatable bonds is 5. The van der Waals surface area contributed by atoms with Gasteiger partial charge in [-0.3, -0.25) is 4.79 Å². The highest BCUT2D eigenvalue weighted by Gasteiger charge is 2.28. The van der Waals surface area contributed by atoms with E-state index in [1.54, 1.807) is 20.8 Å². The summed E-state index contributed by atoms with van der Waals surface area (Å²) < 4.78 is 4.51. The Morgan fingerprint density at radius 2 is 1.84 bits per heavy atom. The van der Waals surface area contributed by atoms with Crippen LogP contribution in [0.3, 0.4) is 0 Å². The molecular weight excluding hydrogens is 252 g/mol. The average Bonchev–Trinajstić information content (AvgIpc) is 2.25. The number of amides is 2. The Hall–Kier alpha value is -1.79. The molecule has 0 aromatic rings. The summed E-state index contributed by atoms with van der Waals surface area (Å²) >= 11 is 0. The van der Waals surface area contributed by atoms with E-state index in [-0.39, 0.29) is 13.0 Å². The molecule has 0 spiro atoms. The smallest absolute Gasteiger partial charge is 0.328 e. The fraction of sp³-hybridized carbons (Fsp3) is 0.750. The van der Waals surface area contributed by atoms with Gasteiger partial charge in [0.15, 0.2) is 0 Å². The average molecular weight is 274 g/mol. The number of urea groups is 1. The summed E-state index contributed by atoms with van der Waals surface area (Å²) in [5, 5.41) is 11.2. The van der Waals surface area contributed by atoms with Crippen molar-refractivity contribution in [3.05, 3.63) is 0 Å². The third kappa shape index (κ3) is 6.08. The van der Waals surface area contributed by atoms with Gasteiger partial charge in [-0.05, 0) is 27.7 Å². The van der Waals surface area contributed by atoms with E-state index in [1.807, 2.05) is 0 Å². The molecule has 2 N–H and O–H groups in total. The van der Waals surface area contributed by atoms with Gasteiger partial charge in [0.2, 0.25) is 0 Å². The molecule has 1 unspecified atom stereocenters. The highest BCUT2D eigenvalue weighted by atomic mass is 16.5. The Bertz CT molecular complexity index is 349. The molecule has 110 valence electrons. The quantitative estimate of drug-likeness (QED) is 0.724. The largest absolute Gasteiger partial charge is 0.481 e. The number of aliphatic carboxylic acids is 1. The van der Waals surface area contributed by atoms with Crippen LogP contribution in [0, 0.1) is 0 Å². The lowest BCUT2D eigenvalue weighted by Gasteiger charge is -2.35. The molecule has 0 radical (unpaired) electrons. The highest BCUT2D eigenvalue weighted by Crippen LogP contribution is 2.14. The maximum absolute atomic E-state index is 12.0. The first-order valence-electron chi connectivity index (χ1n) is 5.97. The molecule has 19 heavy (non-hydrogen) atoms. The number of nitrogens with zero attached hydrogens (tertiary/aromatic N) is 1. The van der Waals surface area contributed by atoms with Crippen LogP contribution in [-0.2, 0) is 14.3 Å². The molecule has 2 amide bonds. The molecule has 0 fully saturated rings. The Balaban J connectivity index is 4.73. The van der Waals surface area contributed by atoms with E-state index in [9.17, 15) is 14.4 Å². The van der Waals surface area contributed by atoms with Gasteiger partial charge in [0.05, 0.1) is 13.5 Å². The van der Waals surface area contributed by atoms with Gasteiger partial charge in [-0.15, -0.1) is 0 Å². The zero-order valence-electron chi connectivity index (χ0n) is 12.0. The molecule has 0 heterocycles. The first-order valence-corrected chi connectivity index (χ1v) is 5.97. The summed E-state index contributed by atoms with van der Waals surface area (Å²) in [7, 11) is 1.23. The minimum absolute atomic E-state index is 0.0680. The molecule has 0 aliphatic rings. The second-order valence-corrected chi connectivity index (χ2v) is 5.16. The van der Waals surface area contributed by atoms with Crippen LogP contribution in [-0.4, -0.2) is 53.2 Å². The zero-order valence-corrected chi connectivity index (χ0v) is 12.0. The van der Waals surface area contributed by atoms with Crippen molar-refractivity contribution in [1.82, 2.24) is 10.2 Å². The van der Waals surface area contributed by atoms with Crippen LogP contribution in [0.25, 0.3) is 0 Å². The van der Waals surface area contributed by atoms with Crippen LogP contribution in [0.2, 0.25) is 0 Å². The van der Waals surface area contributed by atoms with Crippen molar-refractivity contribution in [2.75, 3.05) is 13.7 Å². The van der Waals surface area contributed by atoms with Crippen molar-refractivity contribution in [3.8, 4) is 0 Å². The number of carboxylic acids is 1. The van der Waals surface area contributed by atoms with Crippen LogP contribution in [0.4, 0.5) is 4.79 Å². The molecule has 0 rings (SSSR count). The molecule has 0 saturated heterocycles. The zero-order chi connectivity index (χ0) is 15.2. The molecular formula is C12H22N2O5. The van der Waals surface area contributed by atoms with Gasteiger partial charge in [0.25, 0.3) is 0 Å². The third-order valence-electron chi connectivity index (χ3n) is 2.50. The van der Waals surface area contributed by atoms with E-state index in [0.29, 0.717) is 0 Å². The topological polar surface area (TPSA) is 95.9 Å². The number of nitrogens with one attached hydrogen (secondary N) is 1. The Labute approximate surface area is 112 Å². The van der Waals surface area contributed by atoms with Gasteiger partial charge in [-0.25, -0.2) is 9.59 Å². The van der Waals surface area contributed by atoms with Crippen LogP contribution in [0.15, 0.2) is 0 Å². The van der Waals surface area contributed by atoms with E-state index in [1.165, 1.54) is 18.9 Å². The monoisotopic (exact) mass is 274 g/mol. The fourth-order valence-corrected chi connectivity index (χ4v) is 1.45. The van der Waals surface area contributed by atoms with E-state index < -0.39 is 29.6 Å². The van der Waals surface area contributed by atoms with Gasteiger partial charge in [-0.1, -0.05) is 0 Å². The number of ether oxygens (including phenoxy) is 1. The van der Waals surface area contributed by atoms with Crippen molar-refractivity contribution in [2.24, 2.45) is 0 Å². The summed E-state index contributed by atoms with van der Waals surface area (Å²) in [6.45, 7) is 6.94. The standard InChI is InChI=1S/C12H22N2O5/c1-8(10(17)19-5)13-11(18)14(12(2,3)4)7-6-9(15)16/h8H,6-7H2,1-5H3,(H,13,18)(H,15,16). The third-order valence-corrected chi connectivity index (χ3v) is 2.50. The van der Waals surface area contributed by atoms with E-state index in [4.69, 9.17) is 5.11 Å². The number of esters is 1. The van der Waals surface area contributed by atoms with Crippen LogP contribution >= 0.6 is 0 Å². The minimum Gasteiger partial charge on any atom is -0.481 e. The maximum atomic E-state index is 12.0. The number of carboxylic acid groups (broad SMARTS) is 1. The lowest BCUT2D eigenvalue weighted by atomic mass is 10.1. The van der Waals surface area contributed by atoms with Gasteiger partial charge in [0.1, 0.15) is 6.04 Å². The lowest BCUT2D eigenvalue weighted by Crippen LogP contribution is -2.54. The molecule has 0 aliphatic heterocycles. The minimum atomic E-state index is -0.983. The van der Waals surface area contributed by atoms with Crippen molar-refractivity contribution in [2.45, 2.75) is 45.7 Å². The Kier molecular flexibility index (Phi) is 6.31.